The normalized spacial score (nSPS) is 20.6. The molecule has 0 bridgehead atoms. The van der Waals surface area contributed by atoms with Gasteiger partial charge in [0.2, 0.25) is 5.91 Å². The molecule has 2 atom stereocenters. The van der Waals surface area contributed by atoms with E-state index in [9.17, 15) is 4.79 Å². The van der Waals surface area contributed by atoms with Gasteiger partial charge in [0.05, 0.1) is 0 Å². The third kappa shape index (κ3) is 4.55. The third-order valence-electron chi connectivity index (χ3n) is 4.53. The fourth-order valence-corrected chi connectivity index (χ4v) is 4.16. The number of likely N-dealkylation sites (tertiary alicyclic amines) is 1. The predicted octanol–water partition coefficient (Wildman–Crippen LogP) is 3.27. The van der Waals surface area contributed by atoms with Gasteiger partial charge in [-0.15, -0.1) is 11.3 Å². The molecule has 1 aromatic rings. The largest absolute Gasteiger partial charge is 0.342 e. The summed E-state index contributed by atoms with van der Waals surface area (Å²) in [5.74, 6) is 0.787. The molecule has 0 spiro atoms. The minimum absolute atomic E-state index is 0.192. The van der Waals surface area contributed by atoms with Gasteiger partial charge in [0.1, 0.15) is 0 Å². The summed E-state index contributed by atoms with van der Waals surface area (Å²) in [6.07, 6.45) is 4.90. The van der Waals surface area contributed by atoms with Crippen LogP contribution in [0.15, 0.2) is 6.07 Å². The number of hydrogen-bond donors (Lipinski definition) is 1. The molecule has 1 amide bonds. The molecule has 0 saturated carbocycles. The fraction of sp³-hybridized carbons (Fsp3) is 0.706. The van der Waals surface area contributed by atoms with Crippen molar-refractivity contribution >= 4 is 17.2 Å². The lowest BCUT2D eigenvalue weighted by atomic mass is 9.92. The molecule has 21 heavy (non-hydrogen) atoms. The topological polar surface area (TPSA) is 46.3 Å². The zero-order valence-corrected chi connectivity index (χ0v) is 14.3. The number of nitrogens with two attached hydrogens (primary N) is 1. The maximum Gasteiger partial charge on any atom is 0.222 e. The van der Waals surface area contributed by atoms with E-state index in [0.29, 0.717) is 18.2 Å². The van der Waals surface area contributed by atoms with Crippen LogP contribution in [0.2, 0.25) is 0 Å². The van der Waals surface area contributed by atoms with Gasteiger partial charge < -0.3 is 10.6 Å². The molecule has 2 N–H and O–H groups in total. The monoisotopic (exact) mass is 308 g/mol. The summed E-state index contributed by atoms with van der Waals surface area (Å²) in [6.45, 7) is 8.15. The molecular formula is C17H28N2OS. The molecular weight excluding hydrogens is 280 g/mol. The smallest absolute Gasteiger partial charge is 0.222 e. The van der Waals surface area contributed by atoms with Crippen LogP contribution in [-0.2, 0) is 11.2 Å². The molecule has 2 heterocycles. The van der Waals surface area contributed by atoms with Gasteiger partial charge in [0.15, 0.2) is 0 Å². The van der Waals surface area contributed by atoms with E-state index in [4.69, 9.17) is 5.73 Å². The van der Waals surface area contributed by atoms with E-state index in [1.165, 1.54) is 15.3 Å². The number of aryl methyl sites for hydroxylation is 3. The molecule has 1 aliphatic heterocycles. The standard InChI is InChI=1S/C17H28N2OS/c1-12-10-15(14(3)21-12)6-4-8-17(20)19-9-5-7-16(11-19)13(2)18/h10,13,16H,4-9,11,18H2,1-3H3. The summed E-state index contributed by atoms with van der Waals surface area (Å²) in [7, 11) is 0. The van der Waals surface area contributed by atoms with Crippen LogP contribution in [0.3, 0.4) is 0 Å². The van der Waals surface area contributed by atoms with E-state index in [1.54, 1.807) is 0 Å². The molecule has 0 aromatic carbocycles. The molecule has 2 rings (SSSR count). The minimum atomic E-state index is 0.192. The lowest BCUT2D eigenvalue weighted by molar-refractivity contribution is -0.133. The van der Waals surface area contributed by atoms with Crippen molar-refractivity contribution in [3.63, 3.8) is 0 Å². The van der Waals surface area contributed by atoms with Gasteiger partial charge in [-0.25, -0.2) is 0 Å². The van der Waals surface area contributed by atoms with Gasteiger partial charge in [0, 0.05) is 35.3 Å². The van der Waals surface area contributed by atoms with Crippen LogP contribution in [-0.4, -0.2) is 29.9 Å². The molecule has 1 saturated heterocycles. The molecule has 3 nitrogen and oxygen atoms in total. The van der Waals surface area contributed by atoms with Crippen LogP contribution in [0.5, 0.6) is 0 Å². The van der Waals surface area contributed by atoms with Gasteiger partial charge in [-0.1, -0.05) is 0 Å². The zero-order chi connectivity index (χ0) is 15.4. The van der Waals surface area contributed by atoms with Crippen LogP contribution >= 0.6 is 11.3 Å². The number of rotatable bonds is 5. The molecule has 0 aliphatic carbocycles. The van der Waals surface area contributed by atoms with Crippen molar-refractivity contribution < 1.29 is 4.79 Å². The number of hydrogen-bond acceptors (Lipinski definition) is 3. The number of nitrogens with zero attached hydrogens (tertiary/aromatic N) is 1. The number of carbonyl (C=O) groups is 1. The number of thiophene rings is 1. The molecule has 1 aliphatic rings. The molecule has 0 radical (unpaired) electrons. The summed E-state index contributed by atoms with van der Waals surface area (Å²) < 4.78 is 0. The Kier molecular flexibility index (Phi) is 5.82. The Morgan fingerprint density at radius 2 is 2.29 bits per heavy atom. The molecule has 118 valence electrons. The number of piperidine rings is 1. The molecule has 1 aromatic heterocycles. The molecule has 4 heteroatoms. The van der Waals surface area contributed by atoms with E-state index < -0.39 is 0 Å². The summed E-state index contributed by atoms with van der Waals surface area (Å²) in [4.78, 5) is 17.1. The second-order valence-electron chi connectivity index (χ2n) is 6.39. The van der Waals surface area contributed by atoms with Crippen molar-refractivity contribution in [3.05, 3.63) is 21.4 Å². The van der Waals surface area contributed by atoms with Gasteiger partial charge in [-0.05, 0) is 64.0 Å². The van der Waals surface area contributed by atoms with E-state index >= 15 is 0 Å². The van der Waals surface area contributed by atoms with Gasteiger partial charge in [0.25, 0.3) is 0 Å². The number of carbonyl (C=O) groups excluding carboxylic acids is 1. The summed E-state index contributed by atoms with van der Waals surface area (Å²) in [6, 6.07) is 2.45. The maximum atomic E-state index is 12.3. The van der Waals surface area contributed by atoms with Crippen molar-refractivity contribution in [1.29, 1.82) is 0 Å². The first-order valence-corrected chi connectivity index (χ1v) is 8.88. The summed E-state index contributed by atoms with van der Waals surface area (Å²) in [5.41, 5.74) is 7.40. The Balaban J connectivity index is 1.78. The highest BCUT2D eigenvalue weighted by Gasteiger charge is 2.25. The van der Waals surface area contributed by atoms with Gasteiger partial charge in [-0.3, -0.25) is 4.79 Å². The summed E-state index contributed by atoms with van der Waals surface area (Å²) >= 11 is 1.85. The maximum absolute atomic E-state index is 12.3. The first-order valence-electron chi connectivity index (χ1n) is 8.06. The summed E-state index contributed by atoms with van der Waals surface area (Å²) in [5, 5.41) is 0. The van der Waals surface area contributed by atoms with Crippen molar-refractivity contribution in [1.82, 2.24) is 4.90 Å². The van der Waals surface area contributed by atoms with Crippen LogP contribution in [0.1, 0.15) is 47.9 Å². The Hall–Kier alpha value is -0.870. The van der Waals surface area contributed by atoms with E-state index in [0.717, 1.165) is 38.8 Å². The fourth-order valence-electron chi connectivity index (χ4n) is 3.19. The zero-order valence-electron chi connectivity index (χ0n) is 13.5. The highest BCUT2D eigenvalue weighted by molar-refractivity contribution is 7.12. The van der Waals surface area contributed by atoms with Crippen LogP contribution < -0.4 is 5.73 Å². The minimum Gasteiger partial charge on any atom is -0.342 e. The lowest BCUT2D eigenvalue weighted by Crippen LogP contribution is -2.45. The average molecular weight is 308 g/mol. The second-order valence-corrected chi connectivity index (χ2v) is 7.85. The SMILES string of the molecule is Cc1cc(CCCC(=O)N2CCCC(C(C)N)C2)c(C)s1. The van der Waals surface area contributed by atoms with Crippen molar-refractivity contribution in [2.24, 2.45) is 11.7 Å². The molecule has 2 unspecified atom stereocenters. The Bertz CT molecular complexity index is 481. The highest BCUT2D eigenvalue weighted by Crippen LogP contribution is 2.23. The lowest BCUT2D eigenvalue weighted by Gasteiger charge is -2.34. The van der Waals surface area contributed by atoms with Crippen molar-refractivity contribution in [3.8, 4) is 0 Å². The third-order valence-corrected chi connectivity index (χ3v) is 5.54. The quantitative estimate of drug-likeness (QED) is 0.907. The van der Waals surface area contributed by atoms with E-state index in [2.05, 4.69) is 26.8 Å². The first-order chi connectivity index (χ1) is 9.97. The van der Waals surface area contributed by atoms with Gasteiger partial charge in [-0.2, -0.15) is 0 Å². The molecule has 1 fully saturated rings. The Labute approximate surface area is 132 Å². The van der Waals surface area contributed by atoms with Crippen LogP contribution in [0.25, 0.3) is 0 Å². The van der Waals surface area contributed by atoms with Crippen molar-refractivity contribution in [2.75, 3.05) is 13.1 Å². The van der Waals surface area contributed by atoms with Crippen molar-refractivity contribution in [2.45, 2.75) is 58.9 Å². The highest BCUT2D eigenvalue weighted by atomic mass is 32.1. The average Bonchev–Trinajstić information content (AvgIpc) is 2.77. The van der Waals surface area contributed by atoms with Gasteiger partial charge >= 0.3 is 0 Å². The van der Waals surface area contributed by atoms with Crippen LogP contribution in [0.4, 0.5) is 0 Å². The predicted molar refractivity (Wildman–Crippen MR) is 89.7 cm³/mol. The van der Waals surface area contributed by atoms with E-state index in [1.807, 2.05) is 16.2 Å². The second kappa shape index (κ2) is 7.41. The Morgan fingerprint density at radius 3 is 2.90 bits per heavy atom. The van der Waals surface area contributed by atoms with Crippen LogP contribution in [0, 0.1) is 19.8 Å². The Morgan fingerprint density at radius 1 is 1.52 bits per heavy atom. The number of amides is 1. The van der Waals surface area contributed by atoms with E-state index in [-0.39, 0.29) is 6.04 Å². The first kappa shape index (κ1) is 16.5.